The molecule has 1 atom stereocenters. The van der Waals surface area contributed by atoms with Gasteiger partial charge in [-0.15, -0.1) is 0 Å². The summed E-state index contributed by atoms with van der Waals surface area (Å²) in [5, 5.41) is 11.5. The van der Waals surface area contributed by atoms with Crippen molar-refractivity contribution in [2.45, 2.75) is 13.3 Å². The summed E-state index contributed by atoms with van der Waals surface area (Å²) in [6.45, 7) is 1.39. The minimum absolute atomic E-state index is 0.0509. The lowest BCUT2D eigenvalue weighted by molar-refractivity contribution is -0.154. The van der Waals surface area contributed by atoms with E-state index in [2.05, 4.69) is 26.2 Å². The summed E-state index contributed by atoms with van der Waals surface area (Å²) in [4.78, 5) is 26.9. The Morgan fingerprint density at radius 2 is 2.18 bits per heavy atom. The maximum absolute atomic E-state index is 11.6. The molecule has 0 saturated heterocycles. The zero-order chi connectivity index (χ0) is 13.1. The molecule has 0 aliphatic heterocycles. The number of hydrogen-bond acceptors (Lipinski definition) is 3. The molecule has 0 aliphatic carbocycles. The largest absolute Gasteiger partial charge is 0.480 e. The van der Waals surface area contributed by atoms with Crippen molar-refractivity contribution in [3.05, 3.63) is 28.5 Å². The van der Waals surface area contributed by atoms with Crippen LogP contribution in [0.4, 0.5) is 0 Å². The molecule has 0 bridgehead atoms. The van der Waals surface area contributed by atoms with Crippen LogP contribution in [0.3, 0.4) is 0 Å². The van der Waals surface area contributed by atoms with Crippen LogP contribution < -0.4 is 5.32 Å². The highest BCUT2D eigenvalue weighted by Crippen LogP contribution is 2.23. The van der Waals surface area contributed by atoms with Crippen molar-refractivity contribution >= 4 is 27.8 Å². The summed E-state index contributed by atoms with van der Waals surface area (Å²) >= 11 is 3.24. The molecule has 0 spiro atoms. The van der Waals surface area contributed by atoms with Crippen LogP contribution in [-0.4, -0.2) is 29.0 Å². The van der Waals surface area contributed by atoms with Gasteiger partial charge in [0, 0.05) is 29.8 Å². The van der Waals surface area contributed by atoms with Crippen LogP contribution in [-0.2, 0) is 16.0 Å². The maximum atomic E-state index is 11.6. The molecule has 0 fully saturated rings. The fourth-order valence-electron chi connectivity index (χ4n) is 1.40. The molecular weight excluding hydrogens is 288 g/mol. The van der Waals surface area contributed by atoms with Crippen molar-refractivity contribution in [2.24, 2.45) is 5.41 Å². The van der Waals surface area contributed by atoms with E-state index in [4.69, 9.17) is 5.11 Å². The highest BCUT2D eigenvalue weighted by Gasteiger charge is 2.41. The molecule has 1 unspecified atom stereocenters. The number of carbonyl (C=O) groups excluding carboxylic acids is 1. The lowest BCUT2D eigenvalue weighted by Gasteiger charge is -2.22. The third-order valence-electron chi connectivity index (χ3n) is 2.52. The first-order valence-electron chi connectivity index (χ1n) is 4.96. The van der Waals surface area contributed by atoms with E-state index in [1.54, 1.807) is 18.3 Å². The molecule has 2 N–H and O–H groups in total. The lowest BCUT2D eigenvalue weighted by atomic mass is 9.84. The highest BCUT2D eigenvalue weighted by atomic mass is 79.9. The van der Waals surface area contributed by atoms with Crippen LogP contribution >= 0.6 is 15.9 Å². The van der Waals surface area contributed by atoms with Gasteiger partial charge in [0.05, 0.1) is 0 Å². The number of hydrogen-bond donors (Lipinski definition) is 2. The fourth-order valence-corrected chi connectivity index (χ4v) is 1.64. The summed E-state index contributed by atoms with van der Waals surface area (Å²) in [5.74, 6) is -1.70. The second-order valence-corrected chi connectivity index (χ2v) is 4.78. The number of nitrogens with one attached hydrogen (secondary N) is 1. The monoisotopic (exact) mass is 300 g/mol. The van der Waals surface area contributed by atoms with E-state index in [1.807, 2.05) is 0 Å². The van der Waals surface area contributed by atoms with Crippen molar-refractivity contribution in [1.29, 1.82) is 0 Å². The molecule has 0 aliphatic rings. The number of aliphatic carboxylic acids is 1. The van der Waals surface area contributed by atoms with E-state index in [9.17, 15) is 9.59 Å². The Hall–Kier alpha value is -1.43. The number of pyridine rings is 1. The van der Waals surface area contributed by atoms with Crippen LogP contribution in [0.5, 0.6) is 0 Å². The van der Waals surface area contributed by atoms with Gasteiger partial charge in [0.25, 0.3) is 0 Å². The number of aromatic nitrogens is 1. The van der Waals surface area contributed by atoms with Crippen LogP contribution in [0.2, 0.25) is 0 Å². The second kappa shape index (κ2) is 5.27. The molecule has 0 radical (unpaired) electrons. The van der Waals surface area contributed by atoms with Gasteiger partial charge < -0.3 is 10.4 Å². The predicted molar refractivity (Wildman–Crippen MR) is 65.5 cm³/mol. The summed E-state index contributed by atoms with van der Waals surface area (Å²) in [7, 11) is 1.42. The van der Waals surface area contributed by atoms with Crippen molar-refractivity contribution in [1.82, 2.24) is 10.3 Å². The molecule has 1 aromatic heterocycles. The smallest absolute Gasteiger partial charge is 0.319 e. The molecule has 1 amide bonds. The van der Waals surface area contributed by atoms with Crippen LogP contribution in [0.1, 0.15) is 12.6 Å². The van der Waals surface area contributed by atoms with Crippen LogP contribution in [0.15, 0.2) is 22.8 Å². The molecule has 1 rings (SSSR count). The zero-order valence-corrected chi connectivity index (χ0v) is 11.1. The second-order valence-electron chi connectivity index (χ2n) is 3.86. The standard InChI is InChI=1S/C11H13BrN2O3/c1-11(10(16)17,9(15)13-2)5-8-4-3-7(12)6-14-8/h3-4,6H,5H2,1-2H3,(H,13,15)(H,16,17). The lowest BCUT2D eigenvalue weighted by Crippen LogP contribution is -2.44. The average Bonchev–Trinajstić information content (AvgIpc) is 2.30. The minimum Gasteiger partial charge on any atom is -0.480 e. The molecule has 92 valence electrons. The van der Waals surface area contributed by atoms with Gasteiger partial charge in [0.1, 0.15) is 5.41 Å². The maximum Gasteiger partial charge on any atom is 0.319 e. The normalized spacial score (nSPS) is 13.8. The highest BCUT2D eigenvalue weighted by molar-refractivity contribution is 9.10. The molecule has 6 heteroatoms. The Balaban J connectivity index is 2.99. The van der Waals surface area contributed by atoms with E-state index in [-0.39, 0.29) is 6.42 Å². The van der Waals surface area contributed by atoms with E-state index < -0.39 is 17.3 Å². The molecule has 0 aromatic carbocycles. The van der Waals surface area contributed by atoms with Gasteiger partial charge in [-0.05, 0) is 35.0 Å². The van der Waals surface area contributed by atoms with Gasteiger partial charge in [-0.25, -0.2) is 0 Å². The van der Waals surface area contributed by atoms with E-state index in [0.29, 0.717) is 5.69 Å². The van der Waals surface area contributed by atoms with Gasteiger partial charge in [0.2, 0.25) is 5.91 Å². The van der Waals surface area contributed by atoms with Gasteiger partial charge >= 0.3 is 5.97 Å². The molecule has 1 heterocycles. The molecule has 1 aromatic rings. The molecule has 0 saturated carbocycles. The van der Waals surface area contributed by atoms with Crippen molar-refractivity contribution in [3.8, 4) is 0 Å². The van der Waals surface area contributed by atoms with Crippen LogP contribution in [0, 0.1) is 5.41 Å². The third kappa shape index (κ3) is 3.03. The topological polar surface area (TPSA) is 79.3 Å². The Bertz CT molecular complexity index is 433. The van der Waals surface area contributed by atoms with Gasteiger partial charge in [-0.1, -0.05) is 0 Å². The SMILES string of the molecule is CNC(=O)C(C)(Cc1ccc(Br)cn1)C(=O)O. The number of amides is 1. The number of carboxylic acid groups (broad SMARTS) is 1. The Kier molecular flexibility index (Phi) is 4.22. The third-order valence-corrected chi connectivity index (χ3v) is 2.99. The van der Waals surface area contributed by atoms with Crippen molar-refractivity contribution in [3.63, 3.8) is 0 Å². The number of nitrogens with zero attached hydrogens (tertiary/aromatic N) is 1. The van der Waals surface area contributed by atoms with Crippen molar-refractivity contribution < 1.29 is 14.7 Å². The number of carbonyl (C=O) groups is 2. The van der Waals surface area contributed by atoms with Gasteiger partial charge in [-0.3, -0.25) is 14.6 Å². The van der Waals surface area contributed by atoms with E-state index >= 15 is 0 Å². The van der Waals surface area contributed by atoms with Crippen LogP contribution in [0.25, 0.3) is 0 Å². The number of halogens is 1. The first-order chi connectivity index (χ1) is 7.90. The quantitative estimate of drug-likeness (QED) is 0.820. The summed E-state index contributed by atoms with van der Waals surface area (Å²) < 4.78 is 0.804. The Morgan fingerprint density at radius 1 is 1.53 bits per heavy atom. The predicted octanol–water partition coefficient (Wildman–Crippen LogP) is 1.22. The van der Waals surface area contributed by atoms with E-state index in [0.717, 1.165) is 4.47 Å². The minimum atomic E-state index is -1.50. The number of carboxylic acids is 1. The summed E-state index contributed by atoms with van der Waals surface area (Å²) in [5.41, 5.74) is -0.947. The fraction of sp³-hybridized carbons (Fsp3) is 0.364. The molecule has 17 heavy (non-hydrogen) atoms. The Morgan fingerprint density at radius 3 is 2.59 bits per heavy atom. The zero-order valence-electron chi connectivity index (χ0n) is 9.53. The van der Waals surface area contributed by atoms with Gasteiger partial charge in [0.15, 0.2) is 0 Å². The molecule has 5 nitrogen and oxygen atoms in total. The first-order valence-corrected chi connectivity index (χ1v) is 5.75. The Labute approximate surface area is 107 Å². The first kappa shape index (κ1) is 13.6. The molecular formula is C11H13BrN2O3. The van der Waals surface area contributed by atoms with Crippen molar-refractivity contribution in [2.75, 3.05) is 7.05 Å². The summed E-state index contributed by atoms with van der Waals surface area (Å²) in [6.07, 6.45) is 1.62. The summed E-state index contributed by atoms with van der Waals surface area (Å²) in [6, 6.07) is 3.45. The van der Waals surface area contributed by atoms with E-state index in [1.165, 1.54) is 14.0 Å². The number of rotatable bonds is 4. The average molecular weight is 301 g/mol. The van der Waals surface area contributed by atoms with Gasteiger partial charge in [-0.2, -0.15) is 0 Å².